The maximum atomic E-state index is 13.6. The van der Waals surface area contributed by atoms with E-state index < -0.39 is 28.8 Å². The fraction of sp³-hybridized carbons (Fsp3) is 0.0714. The topological polar surface area (TPSA) is 52.3 Å². The number of carbonyl (C=O) groups is 1. The van der Waals surface area contributed by atoms with Gasteiger partial charge in [-0.1, -0.05) is 0 Å². The molecule has 0 bridgehead atoms. The molecule has 0 radical (unpaired) electrons. The Bertz CT molecular complexity index is 686. The second-order valence-electron chi connectivity index (χ2n) is 4.03. The third-order valence-corrected chi connectivity index (χ3v) is 2.74. The number of rotatable bonds is 3. The lowest BCUT2D eigenvalue weighted by molar-refractivity contribution is 0.103. The first-order valence-corrected chi connectivity index (χ1v) is 5.56. The summed E-state index contributed by atoms with van der Waals surface area (Å²) in [6.07, 6.45) is 0. The Morgan fingerprint density at radius 3 is 2.35 bits per heavy atom. The summed E-state index contributed by atoms with van der Waals surface area (Å²) < 4.78 is 44.8. The highest BCUT2D eigenvalue weighted by Crippen LogP contribution is 2.23. The van der Waals surface area contributed by atoms with Crippen molar-refractivity contribution < 1.29 is 22.7 Å². The van der Waals surface area contributed by atoms with Gasteiger partial charge >= 0.3 is 0 Å². The van der Waals surface area contributed by atoms with Gasteiger partial charge in [-0.15, -0.1) is 0 Å². The highest BCUT2D eigenvalue weighted by molar-refractivity contribution is 6.09. The monoisotopic (exact) mass is 281 g/mol. The van der Waals surface area contributed by atoms with E-state index in [1.165, 1.54) is 19.2 Å². The normalized spacial score (nSPS) is 10.4. The van der Waals surface area contributed by atoms with Crippen molar-refractivity contribution in [1.82, 2.24) is 0 Å². The lowest BCUT2D eigenvalue weighted by Gasteiger charge is -2.07. The van der Waals surface area contributed by atoms with Crippen molar-refractivity contribution in [1.29, 1.82) is 0 Å². The van der Waals surface area contributed by atoms with Gasteiger partial charge in [-0.25, -0.2) is 13.2 Å². The van der Waals surface area contributed by atoms with Gasteiger partial charge in [0.25, 0.3) is 0 Å². The second kappa shape index (κ2) is 5.24. The number of halogens is 3. The van der Waals surface area contributed by atoms with E-state index in [1.54, 1.807) is 0 Å². The molecular weight excluding hydrogens is 271 g/mol. The number of nitrogens with two attached hydrogens (primary N) is 1. The van der Waals surface area contributed by atoms with Crippen molar-refractivity contribution in [3.63, 3.8) is 0 Å². The first-order valence-electron chi connectivity index (χ1n) is 5.56. The minimum Gasteiger partial charge on any atom is -0.494 e. The molecule has 0 unspecified atom stereocenters. The Kier molecular flexibility index (Phi) is 3.65. The van der Waals surface area contributed by atoms with Crippen LogP contribution >= 0.6 is 0 Å². The number of ketones is 1. The molecule has 0 atom stereocenters. The molecule has 20 heavy (non-hydrogen) atoms. The quantitative estimate of drug-likeness (QED) is 0.695. The van der Waals surface area contributed by atoms with Gasteiger partial charge in [0.05, 0.1) is 18.4 Å². The number of methoxy groups -OCH3 is 1. The summed E-state index contributed by atoms with van der Waals surface area (Å²) in [6.45, 7) is 0. The van der Waals surface area contributed by atoms with Gasteiger partial charge in [0, 0.05) is 11.6 Å². The fourth-order valence-corrected chi connectivity index (χ4v) is 1.70. The van der Waals surface area contributed by atoms with Crippen LogP contribution in [0.2, 0.25) is 0 Å². The summed E-state index contributed by atoms with van der Waals surface area (Å²) in [4.78, 5) is 12.1. The molecule has 0 saturated heterocycles. The Hall–Kier alpha value is -2.50. The van der Waals surface area contributed by atoms with Crippen LogP contribution < -0.4 is 10.5 Å². The van der Waals surface area contributed by atoms with Gasteiger partial charge in [0.1, 0.15) is 11.6 Å². The van der Waals surface area contributed by atoms with E-state index >= 15 is 0 Å². The van der Waals surface area contributed by atoms with Crippen LogP contribution in [-0.4, -0.2) is 12.9 Å². The van der Waals surface area contributed by atoms with Crippen molar-refractivity contribution in [2.24, 2.45) is 0 Å². The van der Waals surface area contributed by atoms with Gasteiger partial charge < -0.3 is 10.5 Å². The molecule has 0 amide bonds. The molecule has 0 saturated carbocycles. The van der Waals surface area contributed by atoms with Gasteiger partial charge in [-0.05, 0) is 24.3 Å². The smallest absolute Gasteiger partial charge is 0.196 e. The third kappa shape index (κ3) is 2.45. The van der Waals surface area contributed by atoms with E-state index in [-0.39, 0.29) is 17.0 Å². The molecule has 0 aliphatic heterocycles. The minimum atomic E-state index is -1.06. The van der Waals surface area contributed by atoms with E-state index in [4.69, 9.17) is 10.5 Å². The van der Waals surface area contributed by atoms with Crippen molar-refractivity contribution in [3.8, 4) is 5.75 Å². The van der Waals surface area contributed by atoms with Gasteiger partial charge in [0.15, 0.2) is 17.3 Å². The largest absolute Gasteiger partial charge is 0.494 e. The highest BCUT2D eigenvalue weighted by atomic mass is 19.1. The Morgan fingerprint density at radius 2 is 1.75 bits per heavy atom. The molecule has 6 heteroatoms. The summed E-state index contributed by atoms with van der Waals surface area (Å²) >= 11 is 0. The number of anilines is 1. The first-order chi connectivity index (χ1) is 9.43. The number of nitrogen functional groups attached to an aromatic ring is 1. The minimum absolute atomic E-state index is 0.0411. The summed E-state index contributed by atoms with van der Waals surface area (Å²) in [5, 5.41) is 0. The SMILES string of the molecule is COc1ccc(C(=O)c2cc(N)c(F)cc2F)cc1F. The van der Waals surface area contributed by atoms with Crippen LogP contribution in [0.5, 0.6) is 5.75 Å². The lowest BCUT2D eigenvalue weighted by atomic mass is 10.0. The molecule has 0 fully saturated rings. The number of benzene rings is 2. The maximum Gasteiger partial charge on any atom is 0.196 e. The predicted molar refractivity (Wildman–Crippen MR) is 67.2 cm³/mol. The molecule has 2 aromatic carbocycles. The van der Waals surface area contributed by atoms with E-state index in [9.17, 15) is 18.0 Å². The summed E-state index contributed by atoms with van der Waals surface area (Å²) in [5.41, 5.74) is 4.42. The Labute approximate surface area is 112 Å². The van der Waals surface area contributed by atoms with E-state index in [0.717, 1.165) is 12.1 Å². The van der Waals surface area contributed by atoms with Crippen molar-refractivity contribution in [2.45, 2.75) is 0 Å². The maximum absolute atomic E-state index is 13.6. The molecule has 3 nitrogen and oxygen atoms in total. The fourth-order valence-electron chi connectivity index (χ4n) is 1.70. The molecule has 0 aromatic heterocycles. The number of hydrogen-bond acceptors (Lipinski definition) is 3. The lowest BCUT2D eigenvalue weighted by Crippen LogP contribution is -2.07. The Morgan fingerprint density at radius 1 is 1.05 bits per heavy atom. The van der Waals surface area contributed by atoms with Crippen molar-refractivity contribution >= 4 is 11.5 Å². The van der Waals surface area contributed by atoms with Crippen LogP contribution in [0.3, 0.4) is 0 Å². The predicted octanol–water partition coefficient (Wildman–Crippen LogP) is 2.93. The average molecular weight is 281 g/mol. The molecule has 2 N–H and O–H groups in total. The standard InChI is InChI=1S/C14H10F3NO2/c1-20-13-3-2-7(4-11(13)17)14(19)8-5-12(18)10(16)6-9(8)15/h2-6H,18H2,1H3. The first kappa shape index (κ1) is 13.9. The molecule has 0 spiro atoms. The van der Waals surface area contributed by atoms with Crippen LogP contribution in [0.4, 0.5) is 18.9 Å². The van der Waals surface area contributed by atoms with Gasteiger partial charge in [-0.2, -0.15) is 0 Å². The van der Waals surface area contributed by atoms with Gasteiger partial charge in [0.2, 0.25) is 0 Å². The molecule has 2 rings (SSSR count). The van der Waals surface area contributed by atoms with Crippen LogP contribution in [0, 0.1) is 17.5 Å². The second-order valence-corrected chi connectivity index (χ2v) is 4.03. The summed E-state index contributed by atoms with van der Waals surface area (Å²) in [5.74, 6) is -3.61. The van der Waals surface area contributed by atoms with Crippen LogP contribution in [0.1, 0.15) is 15.9 Å². The molecule has 0 heterocycles. The summed E-state index contributed by atoms with van der Waals surface area (Å²) in [6, 6.07) is 4.84. The highest BCUT2D eigenvalue weighted by Gasteiger charge is 2.18. The van der Waals surface area contributed by atoms with Crippen molar-refractivity contribution in [3.05, 3.63) is 58.9 Å². The van der Waals surface area contributed by atoms with Crippen molar-refractivity contribution in [2.75, 3.05) is 12.8 Å². The van der Waals surface area contributed by atoms with Crippen LogP contribution in [-0.2, 0) is 0 Å². The van der Waals surface area contributed by atoms with E-state index in [0.29, 0.717) is 6.07 Å². The zero-order chi connectivity index (χ0) is 14.9. The molecule has 104 valence electrons. The number of hydrogen-bond donors (Lipinski definition) is 1. The van der Waals surface area contributed by atoms with E-state index in [1.807, 2.05) is 0 Å². The average Bonchev–Trinajstić information content (AvgIpc) is 2.42. The molecule has 0 aliphatic carbocycles. The number of ether oxygens (including phenoxy) is 1. The Balaban J connectivity index is 2.46. The van der Waals surface area contributed by atoms with Crippen LogP contribution in [0.25, 0.3) is 0 Å². The molecular formula is C14H10F3NO2. The van der Waals surface area contributed by atoms with Gasteiger partial charge in [-0.3, -0.25) is 4.79 Å². The summed E-state index contributed by atoms with van der Waals surface area (Å²) in [7, 11) is 1.28. The third-order valence-electron chi connectivity index (χ3n) is 2.74. The molecule has 2 aromatic rings. The van der Waals surface area contributed by atoms with E-state index in [2.05, 4.69) is 0 Å². The zero-order valence-electron chi connectivity index (χ0n) is 10.4. The zero-order valence-corrected chi connectivity index (χ0v) is 10.4. The molecule has 0 aliphatic rings. The number of carbonyl (C=O) groups excluding carboxylic acids is 1. The van der Waals surface area contributed by atoms with Crippen LogP contribution in [0.15, 0.2) is 30.3 Å².